The number of hydrogen-bond donors (Lipinski definition) is 5. The van der Waals surface area contributed by atoms with E-state index in [4.69, 9.17) is 0 Å². The van der Waals surface area contributed by atoms with E-state index in [0.717, 1.165) is 50.3 Å². The molecule has 3 aliphatic rings. The molecule has 0 aromatic carbocycles. The van der Waals surface area contributed by atoms with Crippen LogP contribution in [0.2, 0.25) is 0 Å². The fourth-order valence-electron chi connectivity index (χ4n) is 6.29. The van der Waals surface area contributed by atoms with Gasteiger partial charge in [0, 0.05) is 69.4 Å². The van der Waals surface area contributed by atoms with E-state index in [-0.39, 0.29) is 36.5 Å². The molecule has 5 N–H and O–H groups in total. The van der Waals surface area contributed by atoms with E-state index < -0.39 is 11.9 Å². The van der Waals surface area contributed by atoms with Gasteiger partial charge in [-0.15, -0.1) is 0 Å². The number of aliphatic carboxylic acids is 2. The smallest absolute Gasteiger partial charge is 0.307 e. The number of nitrogens with one attached hydrogen (secondary N) is 3. The molecule has 0 radical (unpaired) electrons. The van der Waals surface area contributed by atoms with Gasteiger partial charge in [-0.25, -0.2) is 4.99 Å². The molecule has 0 spiro atoms. The molecule has 2 amide bonds. The molecule has 5 heterocycles. The Balaban J connectivity index is 1.62. The van der Waals surface area contributed by atoms with Crippen LogP contribution < -0.4 is 15.9 Å². The average Bonchev–Trinajstić information content (AvgIpc) is 3.53. The number of aliphatic imine (C=N–C) groups is 1. The minimum absolute atomic E-state index is 0.00424. The summed E-state index contributed by atoms with van der Waals surface area (Å²) < 4.78 is 0. The van der Waals surface area contributed by atoms with E-state index >= 15 is 0 Å². The summed E-state index contributed by atoms with van der Waals surface area (Å²) in [6.07, 6.45) is 6.58. The predicted octanol–water partition coefficient (Wildman–Crippen LogP) is 3.15. The SMILES string of the molecule is CCC1=C(C)C(Cc2[nH]c(/C=c3\[nH]c(/C=C4\NC(=O)[C@H](C)[C@H]4[C@H]4CS4)c(C)\c3=C\CC(=O)O)c(CCC(=O)O)c2C)=NC1=O. The van der Waals surface area contributed by atoms with Crippen LogP contribution >= 0.6 is 11.8 Å². The molecule has 2 aromatic heterocycles. The minimum Gasteiger partial charge on any atom is -0.481 e. The number of H-pyrrole nitrogens is 2. The van der Waals surface area contributed by atoms with Crippen LogP contribution in [0.25, 0.3) is 18.2 Å². The fraction of sp³-hybridized carbons (Fsp3) is 0.424. The standard InChI is InChI=1S/C33H38N4O6S/c1-6-19-15(2)24(36-33(19)43)11-22-16(3)20(7-9-29(38)39)25(34-22)13-26-21(8-10-30(40)41)17(4)23(35-26)12-27-31(28-14-44-28)18(5)32(42)37-27/h8,12-13,18,28,31,34-35H,6-7,9-11,14H2,1-5H3,(H,37,42)(H,38,39)(H,40,41)/b21-8-,26-13-,27-12-/t18-,28-,31-/m1/s1. The second kappa shape index (κ2) is 12.5. The number of amides is 2. The molecular formula is C33H38N4O6S. The number of carboxylic acid groups (broad SMARTS) is 2. The molecule has 0 bridgehead atoms. The van der Waals surface area contributed by atoms with Gasteiger partial charge in [0.25, 0.3) is 5.91 Å². The zero-order valence-electron chi connectivity index (χ0n) is 25.6. The number of carbonyl (C=O) groups excluding carboxylic acids is 2. The molecule has 10 nitrogen and oxygen atoms in total. The van der Waals surface area contributed by atoms with E-state index in [1.54, 1.807) is 6.08 Å². The minimum atomic E-state index is -0.957. The molecule has 2 aromatic rings. The lowest BCUT2D eigenvalue weighted by Crippen LogP contribution is -2.25. The van der Waals surface area contributed by atoms with Crippen molar-refractivity contribution in [3.05, 3.63) is 61.2 Å². The number of thioether (sulfide) groups is 1. The Labute approximate surface area is 259 Å². The third kappa shape index (κ3) is 6.24. The highest BCUT2D eigenvalue weighted by atomic mass is 32.2. The second-order valence-electron chi connectivity index (χ2n) is 11.7. The first kappa shape index (κ1) is 31.3. The van der Waals surface area contributed by atoms with Gasteiger partial charge >= 0.3 is 11.9 Å². The highest BCUT2D eigenvalue weighted by molar-refractivity contribution is 8.06. The average molecular weight is 619 g/mol. The number of carbonyl (C=O) groups is 4. The van der Waals surface area contributed by atoms with Crippen molar-refractivity contribution in [3.63, 3.8) is 0 Å². The van der Waals surface area contributed by atoms with Crippen LogP contribution in [-0.2, 0) is 32.0 Å². The number of aromatic nitrogens is 2. The van der Waals surface area contributed by atoms with Crippen molar-refractivity contribution < 1.29 is 29.4 Å². The first-order valence-corrected chi connectivity index (χ1v) is 15.9. The lowest BCUT2D eigenvalue weighted by Gasteiger charge is -2.11. The van der Waals surface area contributed by atoms with Gasteiger partial charge in [-0.3, -0.25) is 19.2 Å². The van der Waals surface area contributed by atoms with Crippen LogP contribution in [0.5, 0.6) is 0 Å². The quantitative estimate of drug-likeness (QED) is 0.241. The van der Waals surface area contributed by atoms with Gasteiger partial charge in [-0.2, -0.15) is 11.8 Å². The number of nitrogens with zero attached hydrogens (tertiary/aromatic N) is 1. The number of hydrogen-bond acceptors (Lipinski definition) is 5. The van der Waals surface area contributed by atoms with Gasteiger partial charge < -0.3 is 25.5 Å². The van der Waals surface area contributed by atoms with Crippen LogP contribution in [0.1, 0.15) is 73.8 Å². The Morgan fingerprint density at radius 1 is 1.05 bits per heavy atom. The Kier molecular flexibility index (Phi) is 8.88. The normalized spacial score (nSPS) is 23.2. The summed E-state index contributed by atoms with van der Waals surface area (Å²) >= 11 is 1.84. The van der Waals surface area contributed by atoms with Gasteiger partial charge in [-0.05, 0) is 73.2 Å². The molecule has 11 heteroatoms. The number of rotatable bonds is 11. The summed E-state index contributed by atoms with van der Waals surface area (Å²) in [6.45, 7) is 9.64. The first-order chi connectivity index (χ1) is 20.9. The molecule has 2 fully saturated rings. The van der Waals surface area contributed by atoms with E-state index in [1.165, 1.54) is 0 Å². The number of aromatic amines is 2. The molecule has 232 valence electrons. The van der Waals surface area contributed by atoms with Crippen molar-refractivity contribution >= 4 is 59.5 Å². The first-order valence-electron chi connectivity index (χ1n) is 14.9. The molecule has 0 saturated carbocycles. The summed E-state index contributed by atoms with van der Waals surface area (Å²) in [7, 11) is 0. The summed E-state index contributed by atoms with van der Waals surface area (Å²) in [5.41, 5.74) is 8.06. The third-order valence-electron chi connectivity index (χ3n) is 8.96. The highest BCUT2D eigenvalue weighted by Gasteiger charge is 2.45. The fourth-order valence-corrected chi connectivity index (χ4v) is 7.20. The molecule has 2 saturated heterocycles. The maximum atomic E-state index is 12.5. The molecule has 3 atom stereocenters. The Bertz CT molecular complexity index is 1790. The summed E-state index contributed by atoms with van der Waals surface area (Å²) in [5, 5.41) is 23.8. The summed E-state index contributed by atoms with van der Waals surface area (Å²) in [5.74, 6) is -1.08. The topological polar surface area (TPSA) is 165 Å². The van der Waals surface area contributed by atoms with Crippen molar-refractivity contribution in [1.29, 1.82) is 0 Å². The van der Waals surface area contributed by atoms with Gasteiger partial charge in [0.15, 0.2) is 0 Å². The van der Waals surface area contributed by atoms with Crippen LogP contribution in [-0.4, -0.2) is 60.6 Å². The zero-order valence-corrected chi connectivity index (χ0v) is 26.4. The highest BCUT2D eigenvalue weighted by Crippen LogP contribution is 2.46. The lowest BCUT2D eigenvalue weighted by atomic mass is 9.92. The van der Waals surface area contributed by atoms with Crippen molar-refractivity contribution in [3.8, 4) is 0 Å². The van der Waals surface area contributed by atoms with Crippen molar-refractivity contribution in [2.24, 2.45) is 16.8 Å². The molecule has 44 heavy (non-hydrogen) atoms. The largest absolute Gasteiger partial charge is 0.481 e. The monoisotopic (exact) mass is 618 g/mol. The maximum Gasteiger partial charge on any atom is 0.307 e. The zero-order chi connectivity index (χ0) is 31.9. The van der Waals surface area contributed by atoms with Gasteiger partial charge in [0.1, 0.15) is 0 Å². The Morgan fingerprint density at radius 2 is 1.77 bits per heavy atom. The lowest BCUT2D eigenvalue weighted by molar-refractivity contribution is -0.137. The van der Waals surface area contributed by atoms with E-state index in [2.05, 4.69) is 20.3 Å². The van der Waals surface area contributed by atoms with Crippen molar-refractivity contribution in [2.75, 3.05) is 5.75 Å². The summed E-state index contributed by atoms with van der Waals surface area (Å²) in [4.78, 5) is 59.2. The summed E-state index contributed by atoms with van der Waals surface area (Å²) in [6, 6.07) is 0. The van der Waals surface area contributed by atoms with E-state index in [0.29, 0.717) is 46.8 Å². The van der Waals surface area contributed by atoms with Crippen LogP contribution in [0.4, 0.5) is 0 Å². The van der Waals surface area contributed by atoms with E-state index in [1.807, 2.05) is 58.5 Å². The molecule has 0 aliphatic carbocycles. The molecular weight excluding hydrogens is 580 g/mol. The van der Waals surface area contributed by atoms with Crippen LogP contribution in [0, 0.1) is 25.7 Å². The molecule has 0 unspecified atom stereocenters. The number of allylic oxidation sites excluding steroid dienone is 2. The van der Waals surface area contributed by atoms with E-state index in [9.17, 15) is 29.4 Å². The molecule has 3 aliphatic heterocycles. The maximum absolute atomic E-state index is 12.5. The van der Waals surface area contributed by atoms with Gasteiger partial charge in [-0.1, -0.05) is 19.9 Å². The third-order valence-corrected chi connectivity index (χ3v) is 9.97. The number of carboxylic acids is 2. The molecule has 5 rings (SSSR count). The van der Waals surface area contributed by atoms with Gasteiger partial charge in [0.2, 0.25) is 5.91 Å². The Morgan fingerprint density at radius 3 is 2.39 bits per heavy atom. The van der Waals surface area contributed by atoms with Crippen LogP contribution in [0.15, 0.2) is 21.8 Å². The second-order valence-corrected chi connectivity index (χ2v) is 13.0. The van der Waals surface area contributed by atoms with Gasteiger partial charge in [0.05, 0.1) is 12.1 Å². The van der Waals surface area contributed by atoms with Crippen LogP contribution in [0.3, 0.4) is 0 Å². The Hall–Kier alpha value is -4.12. The van der Waals surface area contributed by atoms with Crippen molar-refractivity contribution in [2.45, 2.75) is 72.0 Å². The predicted molar refractivity (Wildman–Crippen MR) is 171 cm³/mol. The van der Waals surface area contributed by atoms with Crippen molar-refractivity contribution in [1.82, 2.24) is 15.3 Å².